The number of carbonyl (C=O) groups excluding carboxylic acids is 1. The summed E-state index contributed by atoms with van der Waals surface area (Å²) in [7, 11) is -3.14. The van der Waals surface area contributed by atoms with E-state index in [-0.39, 0.29) is 17.6 Å². The lowest BCUT2D eigenvalue weighted by molar-refractivity contribution is -0.135. The number of rotatable bonds is 5. The van der Waals surface area contributed by atoms with E-state index in [1.807, 2.05) is 30.9 Å². The number of hydrogen-bond acceptors (Lipinski definition) is 4. The summed E-state index contributed by atoms with van der Waals surface area (Å²) in [4.78, 5) is 14.3. The van der Waals surface area contributed by atoms with Gasteiger partial charge in [-0.2, -0.15) is 0 Å². The van der Waals surface area contributed by atoms with Gasteiger partial charge in [-0.05, 0) is 37.1 Å². The zero-order valence-electron chi connectivity index (χ0n) is 14.1. The smallest absolute Gasteiger partial charge is 0.225 e. The van der Waals surface area contributed by atoms with Crippen molar-refractivity contribution in [2.45, 2.75) is 44.6 Å². The summed E-state index contributed by atoms with van der Waals surface area (Å²) < 4.78 is 23.6. The van der Waals surface area contributed by atoms with Gasteiger partial charge >= 0.3 is 0 Å². The van der Waals surface area contributed by atoms with Crippen LogP contribution in [-0.2, 0) is 14.6 Å². The number of hydrogen-bond donors (Lipinski definition) is 1. The van der Waals surface area contributed by atoms with Crippen LogP contribution in [0.2, 0.25) is 0 Å². The first kappa shape index (κ1) is 17.8. The Morgan fingerprint density at radius 1 is 1.22 bits per heavy atom. The highest BCUT2D eigenvalue weighted by Gasteiger charge is 2.24. The van der Waals surface area contributed by atoms with Gasteiger partial charge in [0.15, 0.2) is 9.84 Å². The van der Waals surface area contributed by atoms with E-state index in [2.05, 4.69) is 5.32 Å². The van der Waals surface area contributed by atoms with Crippen LogP contribution in [-0.4, -0.2) is 44.1 Å². The highest BCUT2D eigenvalue weighted by molar-refractivity contribution is 7.91. The summed E-state index contributed by atoms with van der Waals surface area (Å²) >= 11 is 0. The van der Waals surface area contributed by atoms with Gasteiger partial charge < -0.3 is 10.2 Å². The maximum atomic E-state index is 12.0. The summed E-state index contributed by atoms with van der Waals surface area (Å²) in [6.45, 7) is 7.05. The molecule has 0 aromatic heterocycles. The lowest BCUT2D eigenvalue weighted by Gasteiger charge is -2.33. The van der Waals surface area contributed by atoms with Crippen molar-refractivity contribution in [3.05, 3.63) is 24.3 Å². The molecule has 128 valence electrons. The third kappa shape index (κ3) is 4.47. The Hall–Kier alpha value is -1.56. The molecule has 0 bridgehead atoms. The number of nitrogens with zero attached hydrogens (tertiary/aromatic N) is 1. The molecule has 0 unspecified atom stereocenters. The van der Waals surface area contributed by atoms with Gasteiger partial charge in [-0.1, -0.05) is 20.8 Å². The fourth-order valence-electron chi connectivity index (χ4n) is 2.77. The Balaban J connectivity index is 1.91. The van der Waals surface area contributed by atoms with E-state index >= 15 is 0 Å². The lowest BCUT2D eigenvalue weighted by atomic mass is 10.0. The standard InChI is InChI=1S/C17H26N2O3S/c1-4-23(21,22)16-7-5-14(6-8-16)18-15-9-11-19(12-10-15)17(20)13(2)3/h5-8,13,15,18H,4,9-12H2,1-3H3. The molecule has 6 heteroatoms. The van der Waals surface area contributed by atoms with Gasteiger partial charge in [-0.15, -0.1) is 0 Å². The Kier molecular flexibility index (Phi) is 5.68. The first-order chi connectivity index (χ1) is 10.8. The van der Waals surface area contributed by atoms with Crippen molar-refractivity contribution in [1.82, 2.24) is 4.90 Å². The fourth-order valence-corrected chi connectivity index (χ4v) is 3.65. The van der Waals surface area contributed by atoms with Crippen molar-refractivity contribution in [1.29, 1.82) is 0 Å². The number of piperidine rings is 1. The van der Waals surface area contributed by atoms with Gasteiger partial charge in [0, 0.05) is 30.7 Å². The highest BCUT2D eigenvalue weighted by atomic mass is 32.2. The predicted octanol–water partition coefficient (Wildman–Crippen LogP) is 2.54. The molecule has 1 N–H and O–H groups in total. The van der Waals surface area contributed by atoms with E-state index in [1.54, 1.807) is 19.1 Å². The molecule has 23 heavy (non-hydrogen) atoms. The van der Waals surface area contributed by atoms with Crippen LogP contribution >= 0.6 is 0 Å². The maximum absolute atomic E-state index is 12.0. The van der Waals surface area contributed by atoms with Crippen LogP contribution in [0.4, 0.5) is 5.69 Å². The molecular weight excluding hydrogens is 312 g/mol. The average Bonchev–Trinajstić information content (AvgIpc) is 2.55. The quantitative estimate of drug-likeness (QED) is 0.896. The van der Waals surface area contributed by atoms with Crippen LogP contribution < -0.4 is 5.32 Å². The number of carbonyl (C=O) groups is 1. The molecule has 0 spiro atoms. The molecule has 1 amide bonds. The van der Waals surface area contributed by atoms with E-state index in [9.17, 15) is 13.2 Å². The molecule has 1 saturated heterocycles. The second-order valence-electron chi connectivity index (χ2n) is 6.33. The second-order valence-corrected chi connectivity index (χ2v) is 8.60. The van der Waals surface area contributed by atoms with E-state index in [1.165, 1.54) is 0 Å². The van der Waals surface area contributed by atoms with Gasteiger partial charge in [0.1, 0.15) is 0 Å². The van der Waals surface area contributed by atoms with Gasteiger partial charge in [-0.3, -0.25) is 4.79 Å². The summed E-state index contributed by atoms with van der Waals surface area (Å²) in [5.41, 5.74) is 0.925. The molecule has 1 fully saturated rings. The predicted molar refractivity (Wildman–Crippen MR) is 92.2 cm³/mol. The minimum atomic E-state index is -3.14. The molecule has 1 aliphatic heterocycles. The SMILES string of the molecule is CCS(=O)(=O)c1ccc(NC2CCN(C(=O)C(C)C)CC2)cc1. The van der Waals surface area contributed by atoms with Crippen molar-refractivity contribution in [3.63, 3.8) is 0 Å². The van der Waals surface area contributed by atoms with Crippen molar-refractivity contribution in [2.75, 3.05) is 24.2 Å². The van der Waals surface area contributed by atoms with Crippen molar-refractivity contribution in [2.24, 2.45) is 5.92 Å². The van der Waals surface area contributed by atoms with Crippen LogP contribution in [0.3, 0.4) is 0 Å². The monoisotopic (exact) mass is 338 g/mol. The van der Waals surface area contributed by atoms with Crippen molar-refractivity contribution in [3.8, 4) is 0 Å². The number of amides is 1. The van der Waals surface area contributed by atoms with E-state index in [4.69, 9.17) is 0 Å². The van der Waals surface area contributed by atoms with Gasteiger partial charge in [-0.25, -0.2) is 8.42 Å². The van der Waals surface area contributed by atoms with Gasteiger partial charge in [0.25, 0.3) is 0 Å². The molecular formula is C17H26N2O3S. The highest BCUT2D eigenvalue weighted by Crippen LogP contribution is 2.20. The summed E-state index contributed by atoms with van der Waals surface area (Å²) in [5, 5.41) is 3.43. The van der Waals surface area contributed by atoms with Crippen LogP contribution in [0.1, 0.15) is 33.6 Å². The van der Waals surface area contributed by atoms with Crippen LogP contribution in [0.25, 0.3) is 0 Å². The first-order valence-corrected chi connectivity index (χ1v) is 9.87. The number of nitrogens with one attached hydrogen (secondary N) is 1. The molecule has 2 rings (SSSR count). The van der Waals surface area contributed by atoms with Gasteiger partial charge in [0.05, 0.1) is 10.6 Å². The topological polar surface area (TPSA) is 66.5 Å². The maximum Gasteiger partial charge on any atom is 0.225 e. The van der Waals surface area contributed by atoms with E-state index in [0.717, 1.165) is 31.6 Å². The Morgan fingerprint density at radius 2 is 1.78 bits per heavy atom. The molecule has 1 aromatic rings. The fraction of sp³-hybridized carbons (Fsp3) is 0.588. The molecule has 1 aliphatic rings. The summed E-state index contributed by atoms with van der Waals surface area (Å²) in [5.74, 6) is 0.382. The number of anilines is 1. The number of benzene rings is 1. The van der Waals surface area contributed by atoms with Gasteiger partial charge in [0.2, 0.25) is 5.91 Å². The Morgan fingerprint density at radius 3 is 2.26 bits per heavy atom. The molecule has 1 heterocycles. The molecule has 0 atom stereocenters. The minimum absolute atomic E-state index is 0.0487. The first-order valence-electron chi connectivity index (χ1n) is 8.21. The number of likely N-dealkylation sites (tertiary alicyclic amines) is 1. The largest absolute Gasteiger partial charge is 0.382 e. The van der Waals surface area contributed by atoms with E-state index in [0.29, 0.717) is 10.9 Å². The molecule has 0 radical (unpaired) electrons. The molecule has 1 aromatic carbocycles. The van der Waals surface area contributed by atoms with E-state index < -0.39 is 9.84 Å². The average molecular weight is 338 g/mol. The van der Waals surface area contributed by atoms with Crippen molar-refractivity contribution >= 4 is 21.4 Å². The normalized spacial score (nSPS) is 16.6. The number of sulfone groups is 1. The third-order valence-corrected chi connectivity index (χ3v) is 6.02. The Labute approximate surface area is 139 Å². The molecule has 0 saturated carbocycles. The zero-order valence-corrected chi connectivity index (χ0v) is 14.9. The summed E-state index contributed by atoms with van der Waals surface area (Å²) in [6, 6.07) is 7.25. The van der Waals surface area contributed by atoms with Crippen LogP contribution in [0.5, 0.6) is 0 Å². The zero-order chi connectivity index (χ0) is 17.0. The molecule has 0 aliphatic carbocycles. The lowest BCUT2D eigenvalue weighted by Crippen LogP contribution is -2.43. The van der Waals surface area contributed by atoms with Crippen LogP contribution in [0.15, 0.2) is 29.2 Å². The third-order valence-electron chi connectivity index (χ3n) is 4.26. The second kappa shape index (κ2) is 7.34. The molecule has 5 nitrogen and oxygen atoms in total. The van der Waals surface area contributed by atoms with Crippen LogP contribution in [0, 0.1) is 5.92 Å². The van der Waals surface area contributed by atoms with Crippen molar-refractivity contribution < 1.29 is 13.2 Å². The summed E-state index contributed by atoms with van der Waals surface area (Å²) in [6.07, 6.45) is 1.82. The Bertz CT molecular complexity index is 630. The minimum Gasteiger partial charge on any atom is -0.382 e.